The predicted octanol–water partition coefficient (Wildman–Crippen LogP) is 5.27. The summed E-state index contributed by atoms with van der Waals surface area (Å²) < 4.78 is 23.3. The van der Waals surface area contributed by atoms with E-state index in [0.29, 0.717) is 51.4 Å². The molecule has 7 nitrogen and oxygen atoms in total. The number of hydrogen-bond donors (Lipinski definition) is 2. The maximum absolute atomic E-state index is 15.7. The molecule has 0 saturated carbocycles. The minimum absolute atomic E-state index is 0.0558. The molecule has 0 saturated heterocycles. The molecule has 42 heavy (non-hydrogen) atoms. The summed E-state index contributed by atoms with van der Waals surface area (Å²) in [5.74, 6) is 0.535. The number of nitrogens with one attached hydrogen (secondary N) is 2. The van der Waals surface area contributed by atoms with Crippen molar-refractivity contribution in [3.63, 3.8) is 0 Å². The number of rotatable bonds is 7. The summed E-state index contributed by atoms with van der Waals surface area (Å²) >= 11 is 0. The molecule has 0 spiro atoms. The van der Waals surface area contributed by atoms with Gasteiger partial charge in [0.2, 0.25) is 7.85 Å². The largest absolute Gasteiger partial charge is 0.487 e. The number of hydrogen-bond acceptors (Lipinski definition) is 5. The number of benzene rings is 3. The fourth-order valence-electron chi connectivity index (χ4n) is 5.62. The summed E-state index contributed by atoms with van der Waals surface area (Å²) in [5, 5.41) is 10.8. The van der Waals surface area contributed by atoms with Crippen molar-refractivity contribution in [3.05, 3.63) is 111 Å². The number of fused-ring (bicyclic) bond motifs is 1. The maximum atomic E-state index is 15.7. The van der Waals surface area contributed by atoms with E-state index in [-0.39, 0.29) is 29.2 Å². The van der Waals surface area contributed by atoms with Crippen molar-refractivity contribution in [2.75, 3.05) is 0 Å². The zero-order valence-electron chi connectivity index (χ0n) is 24.6. The predicted molar refractivity (Wildman–Crippen MR) is 166 cm³/mol. The molecule has 1 aliphatic heterocycles. The van der Waals surface area contributed by atoms with Crippen LogP contribution in [-0.2, 0) is 19.3 Å². The van der Waals surface area contributed by atoms with Gasteiger partial charge in [-0.3, -0.25) is 19.6 Å². The van der Waals surface area contributed by atoms with E-state index in [1.54, 1.807) is 41.0 Å². The average Bonchev–Trinajstić information content (AvgIpc) is 3.24. The number of aromatic nitrogens is 2. The van der Waals surface area contributed by atoms with E-state index in [4.69, 9.17) is 15.1 Å². The van der Waals surface area contributed by atoms with E-state index in [1.807, 2.05) is 45.9 Å². The lowest BCUT2D eigenvalue weighted by molar-refractivity contribution is 0.138. The van der Waals surface area contributed by atoms with Gasteiger partial charge in [0.15, 0.2) is 5.81 Å². The second kappa shape index (κ2) is 11.4. The Hall–Kier alpha value is -4.53. The third-order valence-corrected chi connectivity index (χ3v) is 7.45. The molecule has 3 aromatic carbocycles. The number of ether oxygens (including phenoxy) is 1. The Balaban J connectivity index is 1.53. The Labute approximate surface area is 245 Å². The molecule has 4 aromatic rings. The lowest BCUT2D eigenvalue weighted by Crippen LogP contribution is -2.29. The molecule has 214 valence electrons. The highest BCUT2D eigenvalue weighted by atomic mass is 19.1. The Morgan fingerprint density at radius 3 is 2.64 bits per heavy atom. The molecule has 0 aliphatic carbocycles. The van der Waals surface area contributed by atoms with Gasteiger partial charge >= 0.3 is 0 Å². The van der Waals surface area contributed by atoms with Crippen LogP contribution in [-0.4, -0.2) is 34.6 Å². The van der Waals surface area contributed by atoms with Crippen LogP contribution >= 0.6 is 0 Å². The Morgan fingerprint density at radius 2 is 1.93 bits per heavy atom. The van der Waals surface area contributed by atoms with E-state index in [2.05, 4.69) is 5.32 Å². The number of carbonyl (C=O) groups is 1. The van der Waals surface area contributed by atoms with Crippen molar-refractivity contribution < 1.29 is 13.9 Å². The molecule has 1 amide bonds. The zero-order chi connectivity index (χ0) is 30.2. The Kier molecular flexibility index (Phi) is 7.86. The van der Waals surface area contributed by atoms with Gasteiger partial charge in [-0.2, -0.15) is 0 Å². The van der Waals surface area contributed by atoms with Crippen molar-refractivity contribution in [1.29, 1.82) is 5.41 Å². The van der Waals surface area contributed by atoms with Crippen LogP contribution in [0.2, 0.25) is 0 Å². The van der Waals surface area contributed by atoms with E-state index in [0.717, 1.165) is 24.2 Å². The first-order chi connectivity index (χ1) is 20.0. The van der Waals surface area contributed by atoms with Gasteiger partial charge in [-0.25, -0.2) is 9.37 Å². The van der Waals surface area contributed by atoms with Gasteiger partial charge in [0.25, 0.3) is 5.56 Å². The number of amides is 1. The number of carbonyl (C=O) groups excluding carboxylic acids is 1. The molecule has 0 radical (unpaired) electrons. The van der Waals surface area contributed by atoms with Crippen LogP contribution < -0.4 is 15.6 Å². The lowest BCUT2D eigenvalue weighted by atomic mass is 9.95. The molecule has 1 aliphatic rings. The van der Waals surface area contributed by atoms with Gasteiger partial charge in [-0.05, 0) is 68.1 Å². The highest BCUT2D eigenvalue weighted by Crippen LogP contribution is 2.36. The third kappa shape index (κ3) is 5.77. The molecule has 9 heteroatoms. The number of nitrogens with zero attached hydrogens (tertiary/aromatic N) is 2. The lowest BCUT2D eigenvalue weighted by Gasteiger charge is -2.17. The number of amidine groups is 1. The first-order valence-corrected chi connectivity index (χ1v) is 14.2. The highest BCUT2D eigenvalue weighted by Gasteiger charge is 2.30. The van der Waals surface area contributed by atoms with Gasteiger partial charge in [-0.1, -0.05) is 49.7 Å². The second-order valence-electron chi connectivity index (χ2n) is 11.4. The number of aryl methyl sites for hydroxylation is 2. The van der Waals surface area contributed by atoms with E-state index in [1.165, 1.54) is 13.9 Å². The number of halogens is 1. The summed E-state index contributed by atoms with van der Waals surface area (Å²) in [6.07, 6.45) is 2.24. The smallest absolute Gasteiger partial charge is 0.261 e. The molecule has 0 atom stereocenters. The van der Waals surface area contributed by atoms with Gasteiger partial charge in [0, 0.05) is 29.5 Å². The van der Waals surface area contributed by atoms with Gasteiger partial charge < -0.3 is 10.1 Å². The molecule has 5 rings (SSSR count). The molecular formula is C33H34BFN4O3. The summed E-state index contributed by atoms with van der Waals surface area (Å²) in [5.41, 5.74) is 4.45. The zero-order valence-corrected chi connectivity index (χ0v) is 24.6. The highest BCUT2D eigenvalue weighted by molar-refractivity contribution is 6.58. The van der Waals surface area contributed by atoms with Gasteiger partial charge in [-0.15, -0.1) is 0 Å². The standard InChI is InChI=1S/C33H34BFN4O3/c1-5-8-28-26(31(40)39(19(2)37-28)23-13-14-29-22(15-23)18-33(3,4)42-29)16-21-12-11-20(17-27(21)35)24-9-6-7-10-25(24)30(36)38-32(34)41/h6-7,9-15,17H,5,8,16,18,34H2,1-4H3,(H2,36,38,41). The second-order valence-corrected chi connectivity index (χ2v) is 11.4. The monoisotopic (exact) mass is 564 g/mol. The van der Waals surface area contributed by atoms with Crippen LogP contribution in [0.1, 0.15) is 61.0 Å². The van der Waals surface area contributed by atoms with E-state index < -0.39 is 5.82 Å². The van der Waals surface area contributed by atoms with Crippen molar-refractivity contribution in [2.45, 2.75) is 59.0 Å². The van der Waals surface area contributed by atoms with Crippen LogP contribution in [0.4, 0.5) is 9.18 Å². The molecular weight excluding hydrogens is 530 g/mol. The van der Waals surface area contributed by atoms with Crippen molar-refractivity contribution >= 4 is 19.5 Å². The Morgan fingerprint density at radius 1 is 1.17 bits per heavy atom. The fraction of sp³-hybridized carbons (Fsp3) is 0.273. The molecule has 2 heterocycles. The van der Waals surface area contributed by atoms with Gasteiger partial charge in [0.1, 0.15) is 28.8 Å². The van der Waals surface area contributed by atoms with Crippen LogP contribution in [0.25, 0.3) is 16.8 Å². The summed E-state index contributed by atoms with van der Waals surface area (Å²) in [7, 11) is 1.34. The fourth-order valence-corrected chi connectivity index (χ4v) is 5.62. The van der Waals surface area contributed by atoms with Crippen LogP contribution in [0.3, 0.4) is 0 Å². The van der Waals surface area contributed by atoms with E-state index >= 15 is 4.39 Å². The molecule has 1 aromatic heterocycles. The summed E-state index contributed by atoms with van der Waals surface area (Å²) in [4.78, 5) is 30.4. The minimum Gasteiger partial charge on any atom is -0.487 e. The van der Waals surface area contributed by atoms with Crippen molar-refractivity contribution in [1.82, 2.24) is 14.9 Å². The summed E-state index contributed by atoms with van der Waals surface area (Å²) in [6, 6.07) is 17.7. The maximum Gasteiger partial charge on any atom is 0.261 e. The first kappa shape index (κ1) is 29.0. The first-order valence-electron chi connectivity index (χ1n) is 14.2. The summed E-state index contributed by atoms with van der Waals surface area (Å²) in [6.45, 7) is 7.92. The third-order valence-electron chi connectivity index (χ3n) is 7.45. The molecule has 0 bridgehead atoms. The van der Waals surface area contributed by atoms with Crippen LogP contribution in [0, 0.1) is 18.2 Å². The molecule has 0 fully saturated rings. The quantitative estimate of drug-likeness (QED) is 0.182. The van der Waals surface area contributed by atoms with Crippen LogP contribution in [0.15, 0.2) is 65.5 Å². The average molecular weight is 564 g/mol. The minimum atomic E-state index is -0.459. The van der Waals surface area contributed by atoms with Crippen molar-refractivity contribution in [3.8, 4) is 22.6 Å². The Bertz CT molecular complexity index is 1780. The molecule has 2 N–H and O–H groups in total. The van der Waals surface area contributed by atoms with Crippen molar-refractivity contribution in [2.24, 2.45) is 0 Å². The normalized spacial score (nSPS) is 13.4. The van der Waals surface area contributed by atoms with Crippen LogP contribution in [0.5, 0.6) is 5.75 Å². The van der Waals surface area contributed by atoms with Gasteiger partial charge in [0.05, 0.1) is 11.4 Å². The van der Waals surface area contributed by atoms with E-state index in [9.17, 15) is 9.59 Å². The molecule has 0 unspecified atom stereocenters. The SMILES string of the molecule is BC(=O)NC(=N)c1ccccc1-c1ccc(Cc2c(CCC)nc(C)n(-c3ccc4c(c3)CC(C)(C)O4)c2=O)c(F)c1. The topological polar surface area (TPSA) is 97.1 Å².